The molecular formula is C15H16F3N3O4S. The molecule has 1 rings (SSSR count). The number of likely N-dealkylation sites (N-methyl/N-ethyl adjacent to an activating group) is 1. The van der Waals surface area contributed by atoms with E-state index in [4.69, 9.17) is 5.26 Å². The molecule has 0 aromatic heterocycles. The quantitative estimate of drug-likeness (QED) is 0.579. The van der Waals surface area contributed by atoms with Gasteiger partial charge in [0.1, 0.15) is 15.9 Å². The fourth-order valence-electron chi connectivity index (χ4n) is 2.02. The van der Waals surface area contributed by atoms with Gasteiger partial charge in [-0.15, -0.1) is 0 Å². The third-order valence-corrected chi connectivity index (χ3v) is 4.17. The Morgan fingerprint density at radius 1 is 1.35 bits per heavy atom. The number of sulfone groups is 1. The van der Waals surface area contributed by atoms with Crippen LogP contribution < -0.4 is 5.32 Å². The Kier molecular flexibility index (Phi) is 6.74. The second-order valence-electron chi connectivity index (χ2n) is 5.38. The van der Waals surface area contributed by atoms with Crippen molar-refractivity contribution < 1.29 is 31.2 Å². The average Bonchev–Trinajstić information content (AvgIpc) is 2.53. The number of hydrogen-bond acceptors (Lipinski definition) is 5. The number of carbonyl (C=O) groups excluding carboxylic acids is 2. The summed E-state index contributed by atoms with van der Waals surface area (Å²) in [7, 11) is -3.73. The van der Waals surface area contributed by atoms with Gasteiger partial charge >= 0.3 is 6.18 Å². The van der Waals surface area contributed by atoms with Crippen molar-refractivity contribution in [1.82, 2.24) is 10.2 Å². The van der Waals surface area contributed by atoms with Crippen molar-refractivity contribution >= 4 is 21.7 Å². The van der Waals surface area contributed by atoms with Gasteiger partial charge in [0, 0.05) is 18.4 Å². The minimum absolute atomic E-state index is 0.0605. The minimum Gasteiger partial charge on any atom is -0.339 e. The summed E-state index contributed by atoms with van der Waals surface area (Å²) < 4.78 is 61.2. The second kappa shape index (κ2) is 8.18. The third kappa shape index (κ3) is 6.03. The number of nitriles is 1. The molecule has 1 aromatic carbocycles. The summed E-state index contributed by atoms with van der Waals surface area (Å²) in [6.45, 7) is 1.41. The molecule has 0 aliphatic heterocycles. The van der Waals surface area contributed by atoms with Crippen molar-refractivity contribution in [3.8, 4) is 6.19 Å². The first-order chi connectivity index (χ1) is 11.9. The smallest absolute Gasteiger partial charge is 0.339 e. The molecule has 1 aromatic rings. The maximum atomic E-state index is 12.7. The number of alkyl halides is 3. The van der Waals surface area contributed by atoms with E-state index < -0.39 is 50.7 Å². The van der Waals surface area contributed by atoms with Crippen molar-refractivity contribution in [3.05, 3.63) is 35.4 Å². The van der Waals surface area contributed by atoms with E-state index in [0.29, 0.717) is 11.0 Å². The van der Waals surface area contributed by atoms with Crippen molar-refractivity contribution in [1.29, 1.82) is 5.26 Å². The zero-order valence-corrected chi connectivity index (χ0v) is 14.7. The molecule has 26 heavy (non-hydrogen) atoms. The number of hydrogen-bond donors (Lipinski definition) is 1. The van der Waals surface area contributed by atoms with Crippen molar-refractivity contribution in [2.24, 2.45) is 0 Å². The molecule has 0 radical (unpaired) electrons. The molecule has 0 spiro atoms. The molecule has 0 saturated heterocycles. The summed E-state index contributed by atoms with van der Waals surface area (Å²) >= 11 is 0. The Labute approximate surface area is 148 Å². The highest BCUT2D eigenvalue weighted by atomic mass is 32.2. The van der Waals surface area contributed by atoms with E-state index in [9.17, 15) is 31.2 Å². The van der Waals surface area contributed by atoms with Gasteiger partial charge in [-0.25, -0.2) is 13.3 Å². The summed E-state index contributed by atoms with van der Waals surface area (Å²) in [5, 5.41) is 11.0. The van der Waals surface area contributed by atoms with Crippen LogP contribution >= 0.6 is 0 Å². The third-order valence-electron chi connectivity index (χ3n) is 3.23. The van der Waals surface area contributed by atoms with Crippen LogP contribution in [0.2, 0.25) is 0 Å². The van der Waals surface area contributed by atoms with Gasteiger partial charge in [0.05, 0.1) is 11.3 Å². The molecule has 1 N–H and O–H groups in total. The van der Waals surface area contributed by atoms with E-state index in [1.165, 1.54) is 6.92 Å². The van der Waals surface area contributed by atoms with E-state index in [1.54, 1.807) is 6.19 Å². The maximum Gasteiger partial charge on any atom is 0.416 e. The Morgan fingerprint density at radius 3 is 2.42 bits per heavy atom. The molecule has 0 aliphatic rings. The number of carbonyl (C=O) groups is 2. The van der Waals surface area contributed by atoms with Gasteiger partial charge < -0.3 is 5.32 Å². The Bertz CT molecular complexity index is 831. The van der Waals surface area contributed by atoms with Crippen LogP contribution in [-0.4, -0.2) is 49.7 Å². The standard InChI is InChI=1S/C15H16F3N3O4S/c1-3-21(9-19)14(23)12(8-26(2,24)25)20-13(22)10-5-4-6-11(7-10)15(16,17)18/h4-7,12H,3,8H2,1-2H3,(H,20,22). The zero-order chi connectivity index (χ0) is 20.1. The van der Waals surface area contributed by atoms with E-state index in [0.717, 1.165) is 24.5 Å². The van der Waals surface area contributed by atoms with Gasteiger partial charge in [-0.3, -0.25) is 9.59 Å². The van der Waals surface area contributed by atoms with Gasteiger partial charge in [0.25, 0.3) is 11.8 Å². The van der Waals surface area contributed by atoms with Crippen LogP contribution in [0.15, 0.2) is 24.3 Å². The van der Waals surface area contributed by atoms with E-state index in [1.807, 2.05) is 0 Å². The largest absolute Gasteiger partial charge is 0.416 e. The number of nitrogens with one attached hydrogen (secondary N) is 1. The van der Waals surface area contributed by atoms with Crippen molar-refractivity contribution in [3.63, 3.8) is 0 Å². The van der Waals surface area contributed by atoms with Gasteiger partial charge in [-0.05, 0) is 25.1 Å². The molecule has 11 heteroatoms. The molecule has 0 bridgehead atoms. The minimum atomic E-state index is -4.67. The molecular weight excluding hydrogens is 375 g/mol. The van der Waals surface area contributed by atoms with Crippen molar-refractivity contribution in [2.75, 3.05) is 18.6 Å². The Morgan fingerprint density at radius 2 is 1.96 bits per heavy atom. The Hall–Kier alpha value is -2.61. The van der Waals surface area contributed by atoms with Crippen LogP contribution in [0.5, 0.6) is 0 Å². The van der Waals surface area contributed by atoms with Gasteiger partial charge in [0.15, 0.2) is 6.19 Å². The summed E-state index contributed by atoms with van der Waals surface area (Å²) in [5.41, 5.74) is -1.46. The van der Waals surface area contributed by atoms with Gasteiger partial charge in [-0.1, -0.05) is 6.07 Å². The van der Waals surface area contributed by atoms with Crippen LogP contribution in [0.3, 0.4) is 0 Å². The first-order valence-corrected chi connectivity index (χ1v) is 9.32. The van der Waals surface area contributed by atoms with Crippen LogP contribution in [-0.2, 0) is 20.8 Å². The summed E-state index contributed by atoms with van der Waals surface area (Å²) in [5.74, 6) is -2.83. The van der Waals surface area contributed by atoms with Gasteiger partial charge in [0.2, 0.25) is 0 Å². The average molecular weight is 391 g/mol. The molecule has 0 saturated carbocycles. The normalized spacial score (nSPS) is 12.8. The van der Waals surface area contributed by atoms with Crippen LogP contribution in [0.1, 0.15) is 22.8 Å². The lowest BCUT2D eigenvalue weighted by atomic mass is 10.1. The fraction of sp³-hybridized carbons (Fsp3) is 0.400. The van der Waals surface area contributed by atoms with Crippen molar-refractivity contribution in [2.45, 2.75) is 19.1 Å². The summed E-state index contributed by atoms with van der Waals surface area (Å²) in [6.07, 6.45) is -2.29. The highest BCUT2D eigenvalue weighted by Gasteiger charge is 2.32. The Balaban J connectivity index is 3.13. The second-order valence-corrected chi connectivity index (χ2v) is 7.56. The molecule has 1 atom stereocenters. The first-order valence-electron chi connectivity index (χ1n) is 7.26. The molecule has 2 amide bonds. The lowest BCUT2D eigenvalue weighted by Gasteiger charge is -2.21. The highest BCUT2D eigenvalue weighted by Crippen LogP contribution is 2.29. The van der Waals surface area contributed by atoms with E-state index in [-0.39, 0.29) is 6.54 Å². The van der Waals surface area contributed by atoms with E-state index in [2.05, 4.69) is 5.32 Å². The summed E-state index contributed by atoms with van der Waals surface area (Å²) in [4.78, 5) is 25.1. The number of rotatable bonds is 6. The molecule has 142 valence electrons. The predicted molar refractivity (Wildman–Crippen MR) is 85.4 cm³/mol. The highest BCUT2D eigenvalue weighted by molar-refractivity contribution is 7.90. The maximum absolute atomic E-state index is 12.7. The van der Waals surface area contributed by atoms with Crippen LogP contribution in [0, 0.1) is 11.5 Å². The van der Waals surface area contributed by atoms with E-state index >= 15 is 0 Å². The topological polar surface area (TPSA) is 107 Å². The molecule has 0 fully saturated rings. The SMILES string of the molecule is CCN(C#N)C(=O)C(CS(C)(=O)=O)NC(=O)c1cccc(C(F)(F)F)c1. The zero-order valence-electron chi connectivity index (χ0n) is 13.9. The predicted octanol–water partition coefficient (Wildman–Crippen LogP) is 1.18. The number of nitrogens with zero attached hydrogens (tertiary/aromatic N) is 2. The number of amides is 2. The van der Waals surface area contributed by atoms with Gasteiger partial charge in [-0.2, -0.15) is 18.4 Å². The monoisotopic (exact) mass is 391 g/mol. The summed E-state index contributed by atoms with van der Waals surface area (Å²) in [6, 6.07) is 1.85. The fourth-order valence-corrected chi connectivity index (χ4v) is 2.85. The number of halogens is 3. The molecule has 0 heterocycles. The first kappa shape index (κ1) is 21.4. The molecule has 1 unspecified atom stereocenters. The van der Waals surface area contributed by atoms with Crippen LogP contribution in [0.25, 0.3) is 0 Å². The molecule has 0 aliphatic carbocycles. The lowest BCUT2D eigenvalue weighted by Crippen LogP contribution is -2.50. The van der Waals surface area contributed by atoms with Crippen LogP contribution in [0.4, 0.5) is 13.2 Å². The number of benzene rings is 1. The lowest BCUT2D eigenvalue weighted by molar-refractivity contribution is -0.137. The molecule has 7 nitrogen and oxygen atoms in total.